The number of aromatic nitrogens is 3. The number of anilines is 2. The first-order valence-electron chi connectivity index (χ1n) is 10.5. The van der Waals surface area contributed by atoms with E-state index in [1.807, 2.05) is 16.8 Å². The Morgan fingerprint density at radius 2 is 2.16 bits per heavy atom. The fraction of sp³-hybridized carbons (Fsp3) is 0.409. The van der Waals surface area contributed by atoms with Crippen LogP contribution >= 0.6 is 0 Å². The minimum Gasteiger partial charge on any atom is -0.338 e. The first kappa shape index (κ1) is 19.8. The van der Waals surface area contributed by atoms with Gasteiger partial charge in [0.05, 0.1) is 27.8 Å². The fourth-order valence-corrected chi connectivity index (χ4v) is 6.16. The van der Waals surface area contributed by atoms with E-state index in [0.29, 0.717) is 47.0 Å². The zero-order valence-electron chi connectivity index (χ0n) is 17.1. The first-order valence-corrected chi connectivity index (χ1v) is 12.1. The summed E-state index contributed by atoms with van der Waals surface area (Å²) in [5, 5.41) is 17.1. The number of pyridine rings is 1. The molecule has 9 heteroatoms. The van der Waals surface area contributed by atoms with Crippen molar-refractivity contribution in [3.63, 3.8) is 0 Å². The monoisotopic (exact) mass is 437 g/mol. The average Bonchev–Trinajstić information content (AvgIpc) is 3.47. The maximum absolute atomic E-state index is 12.7. The van der Waals surface area contributed by atoms with Crippen molar-refractivity contribution in [2.45, 2.75) is 55.2 Å². The van der Waals surface area contributed by atoms with Crippen LogP contribution in [0.3, 0.4) is 0 Å². The maximum atomic E-state index is 12.7. The fourth-order valence-electron chi connectivity index (χ4n) is 4.56. The van der Waals surface area contributed by atoms with Crippen LogP contribution in [0, 0.1) is 17.2 Å². The summed E-state index contributed by atoms with van der Waals surface area (Å²) in [6, 6.07) is 9.30. The Labute approximate surface area is 179 Å². The van der Waals surface area contributed by atoms with E-state index < -0.39 is 15.1 Å². The molecule has 2 N–H and O–H groups in total. The summed E-state index contributed by atoms with van der Waals surface area (Å²) in [6.45, 7) is 1.72. The molecule has 160 valence electrons. The Balaban J connectivity index is 1.56. The summed E-state index contributed by atoms with van der Waals surface area (Å²) in [5.41, 5.74) is 1.97. The van der Waals surface area contributed by atoms with Crippen molar-refractivity contribution in [3.8, 4) is 6.07 Å². The lowest BCUT2D eigenvalue weighted by Crippen LogP contribution is -2.13. The highest BCUT2D eigenvalue weighted by atomic mass is 32.2. The van der Waals surface area contributed by atoms with Crippen molar-refractivity contribution in [1.82, 2.24) is 14.8 Å². The minimum atomic E-state index is -3.26. The van der Waals surface area contributed by atoms with E-state index in [-0.39, 0.29) is 11.6 Å². The van der Waals surface area contributed by atoms with E-state index in [9.17, 15) is 13.2 Å². The summed E-state index contributed by atoms with van der Waals surface area (Å²) in [4.78, 5) is 15.8. The molecule has 1 saturated carbocycles. The standard InChI is InChI=1S/C22H23N5O3S/c1-13-11-15-12-16(6-7-19(15)31(13,29)30)25-21-20-18(8-10-24-22(20)28)27(26-21)17(3-2-9-23)14-4-5-14/h6-8,10,12-14,17H,2-5,11H2,1H3,(H,24,28)(H,25,26). The molecule has 3 aromatic rings. The van der Waals surface area contributed by atoms with E-state index in [0.717, 1.165) is 23.9 Å². The van der Waals surface area contributed by atoms with Crippen molar-refractivity contribution in [1.29, 1.82) is 5.26 Å². The smallest absolute Gasteiger partial charge is 0.261 e. The summed E-state index contributed by atoms with van der Waals surface area (Å²) in [7, 11) is -3.26. The summed E-state index contributed by atoms with van der Waals surface area (Å²) >= 11 is 0. The molecular formula is C22H23N5O3S. The van der Waals surface area contributed by atoms with Gasteiger partial charge in [-0.25, -0.2) is 8.42 Å². The van der Waals surface area contributed by atoms with Gasteiger partial charge in [-0.05, 0) is 68.4 Å². The number of H-pyrrole nitrogens is 1. The lowest BCUT2D eigenvalue weighted by atomic mass is 10.1. The van der Waals surface area contributed by atoms with Crippen molar-refractivity contribution in [2.75, 3.05) is 5.32 Å². The maximum Gasteiger partial charge on any atom is 0.261 e. The lowest BCUT2D eigenvalue weighted by molar-refractivity contribution is 0.396. The van der Waals surface area contributed by atoms with E-state index >= 15 is 0 Å². The molecular weight excluding hydrogens is 414 g/mol. The third kappa shape index (κ3) is 3.31. The third-order valence-electron chi connectivity index (χ3n) is 6.33. The third-order valence-corrected chi connectivity index (χ3v) is 8.57. The molecule has 0 amide bonds. The first-order chi connectivity index (χ1) is 14.9. The van der Waals surface area contributed by atoms with E-state index in [1.54, 1.807) is 25.3 Å². The van der Waals surface area contributed by atoms with Crippen molar-refractivity contribution >= 4 is 32.2 Å². The minimum absolute atomic E-state index is 0.0745. The summed E-state index contributed by atoms with van der Waals surface area (Å²) in [5.74, 6) is 0.906. The number of hydrogen-bond acceptors (Lipinski definition) is 6. The van der Waals surface area contributed by atoms with Crippen LogP contribution < -0.4 is 10.9 Å². The topological polar surface area (TPSA) is 121 Å². The molecule has 2 unspecified atom stereocenters. The van der Waals surface area contributed by atoms with Crippen LogP contribution in [0.1, 0.15) is 44.2 Å². The number of nitriles is 1. The number of nitrogens with zero attached hydrogens (tertiary/aromatic N) is 3. The predicted octanol–water partition coefficient (Wildman–Crippen LogP) is 3.44. The average molecular weight is 438 g/mol. The zero-order valence-corrected chi connectivity index (χ0v) is 17.9. The molecule has 2 aliphatic rings. The molecule has 1 aliphatic heterocycles. The van der Waals surface area contributed by atoms with Gasteiger partial charge >= 0.3 is 0 Å². The molecule has 0 radical (unpaired) electrons. The molecule has 5 rings (SSSR count). The SMILES string of the molecule is CC1Cc2cc(Nc3nn(C(CCC#N)C4CC4)c4cc[nH]c(=O)c34)ccc2S1(=O)=O. The van der Waals surface area contributed by atoms with Gasteiger partial charge < -0.3 is 10.3 Å². The molecule has 3 heterocycles. The number of aromatic amines is 1. The quantitative estimate of drug-likeness (QED) is 0.609. The highest BCUT2D eigenvalue weighted by Gasteiger charge is 2.35. The highest BCUT2D eigenvalue weighted by Crippen LogP contribution is 2.43. The predicted molar refractivity (Wildman–Crippen MR) is 117 cm³/mol. The molecule has 0 saturated heterocycles. The normalized spacial score (nSPS) is 20.3. The second-order valence-electron chi connectivity index (χ2n) is 8.47. The molecule has 0 spiro atoms. The van der Waals surface area contributed by atoms with Crippen molar-refractivity contribution in [3.05, 3.63) is 46.4 Å². The van der Waals surface area contributed by atoms with Gasteiger partial charge in [-0.2, -0.15) is 10.4 Å². The van der Waals surface area contributed by atoms with Crippen LogP contribution in [-0.2, 0) is 16.3 Å². The molecule has 31 heavy (non-hydrogen) atoms. The Bertz CT molecular complexity index is 1380. The second kappa shape index (κ2) is 7.24. The van der Waals surface area contributed by atoms with Gasteiger partial charge in [0, 0.05) is 18.3 Å². The number of benzene rings is 1. The van der Waals surface area contributed by atoms with Gasteiger partial charge in [0.2, 0.25) is 0 Å². The zero-order chi connectivity index (χ0) is 21.8. The largest absolute Gasteiger partial charge is 0.338 e. The van der Waals surface area contributed by atoms with Crippen LogP contribution in [0.25, 0.3) is 10.9 Å². The molecule has 1 aromatic carbocycles. The molecule has 1 aliphatic carbocycles. The van der Waals surface area contributed by atoms with Crippen LogP contribution in [0.15, 0.2) is 40.2 Å². The van der Waals surface area contributed by atoms with E-state index in [1.165, 1.54) is 0 Å². The van der Waals surface area contributed by atoms with Crippen LogP contribution in [0.2, 0.25) is 0 Å². The van der Waals surface area contributed by atoms with Crippen molar-refractivity contribution in [2.24, 2.45) is 5.92 Å². The van der Waals surface area contributed by atoms with E-state index in [4.69, 9.17) is 10.4 Å². The molecule has 2 atom stereocenters. The summed E-state index contributed by atoms with van der Waals surface area (Å²) in [6.07, 6.45) is 5.41. The molecule has 0 bridgehead atoms. The van der Waals surface area contributed by atoms with Gasteiger partial charge in [0.15, 0.2) is 15.7 Å². The Hall–Kier alpha value is -3.12. The Kier molecular flexibility index (Phi) is 4.63. The van der Waals surface area contributed by atoms with Gasteiger partial charge in [-0.3, -0.25) is 9.48 Å². The number of sulfone groups is 1. The van der Waals surface area contributed by atoms with Crippen molar-refractivity contribution < 1.29 is 8.42 Å². The lowest BCUT2D eigenvalue weighted by Gasteiger charge is -2.16. The Morgan fingerprint density at radius 1 is 1.35 bits per heavy atom. The number of nitrogens with one attached hydrogen (secondary N) is 2. The highest BCUT2D eigenvalue weighted by molar-refractivity contribution is 7.92. The van der Waals surface area contributed by atoms with Crippen LogP contribution in [-0.4, -0.2) is 28.4 Å². The Morgan fingerprint density at radius 3 is 2.90 bits per heavy atom. The van der Waals surface area contributed by atoms with Gasteiger partial charge in [0.25, 0.3) is 5.56 Å². The van der Waals surface area contributed by atoms with Crippen LogP contribution in [0.5, 0.6) is 0 Å². The van der Waals surface area contributed by atoms with Crippen LogP contribution in [0.4, 0.5) is 11.5 Å². The summed E-state index contributed by atoms with van der Waals surface area (Å²) < 4.78 is 26.7. The molecule has 1 fully saturated rings. The van der Waals surface area contributed by atoms with Gasteiger partial charge in [0.1, 0.15) is 5.39 Å². The van der Waals surface area contributed by atoms with E-state index in [2.05, 4.69) is 16.4 Å². The second-order valence-corrected chi connectivity index (χ2v) is 10.8. The number of hydrogen-bond donors (Lipinski definition) is 2. The van der Waals surface area contributed by atoms with Gasteiger partial charge in [-0.15, -0.1) is 0 Å². The molecule has 8 nitrogen and oxygen atoms in total. The van der Waals surface area contributed by atoms with Gasteiger partial charge in [-0.1, -0.05) is 0 Å². The molecule has 2 aromatic heterocycles. The number of fused-ring (bicyclic) bond motifs is 2. The number of rotatable bonds is 6.